The van der Waals surface area contributed by atoms with Gasteiger partial charge in [-0.15, -0.1) is 0 Å². The first-order chi connectivity index (χ1) is 8.65. The van der Waals surface area contributed by atoms with E-state index >= 15 is 0 Å². The number of pyridine rings is 1. The molecule has 0 aliphatic heterocycles. The molecule has 1 heterocycles. The predicted octanol–water partition coefficient (Wildman–Crippen LogP) is 2.64. The standard InChI is InChI=1S/C15H24N2O/c1-10-9-17-14(11(2)15(10)18-4)8-12-5-6-13(7-12)16-3/h9,12-13,16H,5-8H2,1-4H3. The Bertz CT molecular complexity index is 417. The zero-order valence-corrected chi connectivity index (χ0v) is 11.9. The van der Waals surface area contributed by atoms with Gasteiger partial charge in [-0.1, -0.05) is 0 Å². The Hall–Kier alpha value is -1.09. The molecule has 18 heavy (non-hydrogen) atoms. The summed E-state index contributed by atoms with van der Waals surface area (Å²) in [5.41, 5.74) is 3.54. The molecule has 2 atom stereocenters. The van der Waals surface area contributed by atoms with E-state index < -0.39 is 0 Å². The molecule has 0 spiro atoms. The second-order valence-corrected chi connectivity index (χ2v) is 5.41. The average molecular weight is 248 g/mol. The van der Waals surface area contributed by atoms with Gasteiger partial charge in [0, 0.05) is 29.1 Å². The Morgan fingerprint density at radius 1 is 1.39 bits per heavy atom. The quantitative estimate of drug-likeness (QED) is 0.889. The summed E-state index contributed by atoms with van der Waals surface area (Å²) in [6, 6.07) is 0.697. The number of ether oxygens (including phenoxy) is 1. The average Bonchev–Trinajstić information content (AvgIpc) is 2.81. The van der Waals surface area contributed by atoms with Gasteiger partial charge in [0.2, 0.25) is 0 Å². The molecule has 1 aliphatic carbocycles. The highest BCUT2D eigenvalue weighted by Crippen LogP contribution is 2.31. The van der Waals surface area contributed by atoms with Gasteiger partial charge in [0.05, 0.1) is 7.11 Å². The second-order valence-electron chi connectivity index (χ2n) is 5.41. The van der Waals surface area contributed by atoms with Crippen LogP contribution in [-0.4, -0.2) is 25.2 Å². The number of rotatable bonds is 4. The minimum atomic E-state index is 0.697. The van der Waals surface area contributed by atoms with E-state index in [1.54, 1.807) is 7.11 Å². The summed E-state index contributed by atoms with van der Waals surface area (Å²) in [7, 11) is 3.80. The molecular weight excluding hydrogens is 224 g/mol. The molecule has 2 rings (SSSR count). The lowest BCUT2D eigenvalue weighted by molar-refractivity contribution is 0.405. The zero-order chi connectivity index (χ0) is 13.1. The molecule has 1 aromatic heterocycles. The lowest BCUT2D eigenvalue weighted by Crippen LogP contribution is -2.21. The van der Waals surface area contributed by atoms with Crippen molar-refractivity contribution < 1.29 is 4.74 Å². The fourth-order valence-corrected chi connectivity index (χ4v) is 3.07. The van der Waals surface area contributed by atoms with Crippen LogP contribution in [0.25, 0.3) is 0 Å². The first kappa shape index (κ1) is 13.3. The van der Waals surface area contributed by atoms with Crippen LogP contribution in [0.5, 0.6) is 5.75 Å². The Labute approximate surface area is 110 Å². The number of aromatic nitrogens is 1. The molecule has 0 bridgehead atoms. The Morgan fingerprint density at radius 2 is 2.17 bits per heavy atom. The minimum absolute atomic E-state index is 0.697. The first-order valence-corrected chi connectivity index (χ1v) is 6.82. The SMILES string of the molecule is CNC1CCC(Cc2ncc(C)c(OC)c2C)C1. The number of nitrogens with one attached hydrogen (secondary N) is 1. The second kappa shape index (κ2) is 5.70. The molecule has 1 aliphatic rings. The van der Waals surface area contributed by atoms with Crippen molar-refractivity contribution in [1.82, 2.24) is 10.3 Å². The number of aryl methyl sites for hydroxylation is 1. The van der Waals surface area contributed by atoms with Crippen LogP contribution in [-0.2, 0) is 6.42 Å². The molecule has 1 saturated carbocycles. The number of methoxy groups -OCH3 is 1. The van der Waals surface area contributed by atoms with Crippen molar-refractivity contribution in [2.45, 2.75) is 45.6 Å². The van der Waals surface area contributed by atoms with Gasteiger partial charge in [0.25, 0.3) is 0 Å². The van der Waals surface area contributed by atoms with Crippen molar-refractivity contribution in [2.75, 3.05) is 14.2 Å². The third kappa shape index (κ3) is 2.66. The van der Waals surface area contributed by atoms with Crippen molar-refractivity contribution >= 4 is 0 Å². The Kier molecular flexibility index (Phi) is 4.23. The fraction of sp³-hybridized carbons (Fsp3) is 0.667. The summed E-state index contributed by atoms with van der Waals surface area (Å²) >= 11 is 0. The molecule has 100 valence electrons. The molecule has 0 amide bonds. The van der Waals surface area contributed by atoms with E-state index in [1.807, 2.05) is 6.20 Å². The highest BCUT2D eigenvalue weighted by atomic mass is 16.5. The number of hydrogen-bond donors (Lipinski definition) is 1. The number of nitrogens with zero attached hydrogens (tertiary/aromatic N) is 1. The monoisotopic (exact) mass is 248 g/mol. The van der Waals surface area contributed by atoms with Crippen molar-refractivity contribution in [3.63, 3.8) is 0 Å². The van der Waals surface area contributed by atoms with Crippen LogP contribution in [0.1, 0.15) is 36.1 Å². The van der Waals surface area contributed by atoms with E-state index in [9.17, 15) is 0 Å². The van der Waals surface area contributed by atoms with Gasteiger partial charge in [0.1, 0.15) is 5.75 Å². The van der Waals surface area contributed by atoms with E-state index in [0.717, 1.165) is 23.7 Å². The largest absolute Gasteiger partial charge is 0.496 e. The number of hydrogen-bond acceptors (Lipinski definition) is 3. The summed E-state index contributed by atoms with van der Waals surface area (Å²) in [5.74, 6) is 1.77. The molecule has 3 heteroatoms. The molecule has 1 N–H and O–H groups in total. The maximum Gasteiger partial charge on any atom is 0.128 e. The summed E-state index contributed by atoms with van der Waals surface area (Å²) in [4.78, 5) is 4.60. The van der Waals surface area contributed by atoms with Crippen molar-refractivity contribution in [2.24, 2.45) is 5.92 Å². The van der Waals surface area contributed by atoms with Crippen LogP contribution in [0.15, 0.2) is 6.20 Å². The molecule has 0 radical (unpaired) electrons. The van der Waals surface area contributed by atoms with Crippen LogP contribution in [0.2, 0.25) is 0 Å². The van der Waals surface area contributed by atoms with Crippen molar-refractivity contribution in [3.05, 3.63) is 23.0 Å². The maximum absolute atomic E-state index is 5.47. The minimum Gasteiger partial charge on any atom is -0.496 e. The van der Waals surface area contributed by atoms with Crippen LogP contribution in [0.3, 0.4) is 0 Å². The van der Waals surface area contributed by atoms with Crippen LogP contribution >= 0.6 is 0 Å². The van der Waals surface area contributed by atoms with Gasteiger partial charge < -0.3 is 10.1 Å². The van der Waals surface area contributed by atoms with Gasteiger partial charge in [0.15, 0.2) is 0 Å². The van der Waals surface area contributed by atoms with Crippen LogP contribution in [0.4, 0.5) is 0 Å². The topological polar surface area (TPSA) is 34.2 Å². The molecular formula is C15H24N2O. The summed E-state index contributed by atoms with van der Waals surface area (Å²) in [6.07, 6.45) is 6.90. The van der Waals surface area contributed by atoms with Gasteiger partial charge >= 0.3 is 0 Å². The third-order valence-corrected chi connectivity index (χ3v) is 4.18. The Balaban J connectivity index is 2.10. The lowest BCUT2D eigenvalue weighted by Gasteiger charge is -2.15. The van der Waals surface area contributed by atoms with Gasteiger partial charge in [-0.25, -0.2) is 0 Å². The van der Waals surface area contributed by atoms with Crippen molar-refractivity contribution in [1.29, 1.82) is 0 Å². The van der Waals surface area contributed by atoms with Crippen molar-refractivity contribution in [3.8, 4) is 5.75 Å². The predicted molar refractivity (Wildman–Crippen MR) is 74.2 cm³/mol. The molecule has 2 unspecified atom stereocenters. The maximum atomic E-state index is 5.47. The van der Waals surface area contributed by atoms with Gasteiger partial charge in [-0.05, 0) is 52.5 Å². The van der Waals surface area contributed by atoms with Crippen LogP contribution < -0.4 is 10.1 Å². The molecule has 0 aromatic carbocycles. The smallest absolute Gasteiger partial charge is 0.128 e. The van der Waals surface area contributed by atoms with E-state index in [-0.39, 0.29) is 0 Å². The van der Waals surface area contributed by atoms with Crippen LogP contribution in [0, 0.1) is 19.8 Å². The Morgan fingerprint density at radius 3 is 2.78 bits per heavy atom. The molecule has 3 nitrogen and oxygen atoms in total. The molecule has 1 aromatic rings. The fourth-order valence-electron chi connectivity index (χ4n) is 3.07. The highest BCUT2D eigenvalue weighted by Gasteiger charge is 2.24. The molecule has 0 saturated heterocycles. The van der Waals surface area contributed by atoms with E-state index in [2.05, 4.69) is 31.2 Å². The zero-order valence-electron chi connectivity index (χ0n) is 11.9. The van der Waals surface area contributed by atoms with Gasteiger partial charge in [-0.2, -0.15) is 0 Å². The first-order valence-electron chi connectivity index (χ1n) is 6.82. The van der Waals surface area contributed by atoms with E-state index in [0.29, 0.717) is 6.04 Å². The van der Waals surface area contributed by atoms with Gasteiger partial charge in [-0.3, -0.25) is 4.98 Å². The normalized spacial score (nSPS) is 23.3. The summed E-state index contributed by atoms with van der Waals surface area (Å²) in [5, 5.41) is 3.38. The van der Waals surface area contributed by atoms with E-state index in [1.165, 1.54) is 30.5 Å². The molecule has 1 fully saturated rings. The highest BCUT2D eigenvalue weighted by molar-refractivity contribution is 5.41. The van der Waals surface area contributed by atoms with E-state index in [4.69, 9.17) is 4.74 Å². The lowest BCUT2D eigenvalue weighted by atomic mass is 9.97. The summed E-state index contributed by atoms with van der Waals surface area (Å²) in [6.45, 7) is 4.17. The third-order valence-electron chi connectivity index (χ3n) is 4.18. The summed E-state index contributed by atoms with van der Waals surface area (Å²) < 4.78 is 5.47.